The van der Waals surface area contributed by atoms with Gasteiger partial charge in [0, 0.05) is 11.6 Å². The first-order valence-electron chi connectivity index (χ1n) is 6.76. The second-order valence-corrected chi connectivity index (χ2v) is 6.19. The molecule has 5 heteroatoms. The molecule has 0 bridgehead atoms. The van der Waals surface area contributed by atoms with Gasteiger partial charge in [-0.1, -0.05) is 11.2 Å². The Kier molecular flexibility index (Phi) is 3.87. The minimum Gasteiger partial charge on any atom is -0.496 e. The van der Waals surface area contributed by atoms with Crippen molar-refractivity contribution in [1.82, 2.24) is 5.16 Å². The van der Waals surface area contributed by atoms with Gasteiger partial charge >= 0.3 is 0 Å². The highest BCUT2D eigenvalue weighted by Crippen LogP contribution is 2.37. The Morgan fingerprint density at radius 1 is 1.30 bits per heavy atom. The number of rotatable bonds is 3. The van der Waals surface area contributed by atoms with Gasteiger partial charge in [-0.3, -0.25) is 0 Å². The van der Waals surface area contributed by atoms with Crippen LogP contribution >= 0.6 is 11.8 Å². The van der Waals surface area contributed by atoms with E-state index in [1.54, 1.807) is 13.2 Å². The number of nitrogens with two attached hydrogens (primary N) is 1. The van der Waals surface area contributed by atoms with Crippen molar-refractivity contribution in [2.24, 2.45) is 0 Å². The molecule has 0 unspecified atom stereocenters. The third kappa shape index (κ3) is 2.63. The number of hydrogen-bond donors (Lipinski definition) is 1. The highest BCUT2D eigenvalue weighted by atomic mass is 32.2. The molecular weight excluding hydrogens is 272 g/mol. The first-order valence-corrected chi connectivity index (χ1v) is 7.91. The fourth-order valence-electron chi connectivity index (χ4n) is 2.63. The average molecular weight is 290 g/mol. The zero-order valence-electron chi connectivity index (χ0n) is 11.5. The first kappa shape index (κ1) is 13.4. The van der Waals surface area contributed by atoms with Crippen LogP contribution in [-0.2, 0) is 0 Å². The van der Waals surface area contributed by atoms with Gasteiger partial charge in [0.2, 0.25) is 5.88 Å². The van der Waals surface area contributed by atoms with E-state index < -0.39 is 0 Å². The number of aromatic nitrogens is 1. The zero-order chi connectivity index (χ0) is 13.9. The molecule has 1 fully saturated rings. The van der Waals surface area contributed by atoms with Crippen molar-refractivity contribution in [1.29, 1.82) is 0 Å². The molecule has 3 rings (SSSR count). The molecule has 0 aliphatic carbocycles. The summed E-state index contributed by atoms with van der Waals surface area (Å²) in [4.78, 5) is 0. The molecule has 1 aliphatic rings. The molecule has 2 heterocycles. The largest absolute Gasteiger partial charge is 0.496 e. The monoisotopic (exact) mass is 290 g/mol. The SMILES string of the molecule is COc1ccc(C2CCSCC2)cc1-c1cc(N)on1. The summed E-state index contributed by atoms with van der Waals surface area (Å²) < 4.78 is 10.4. The third-order valence-electron chi connectivity index (χ3n) is 3.72. The van der Waals surface area contributed by atoms with E-state index in [4.69, 9.17) is 15.0 Å². The summed E-state index contributed by atoms with van der Waals surface area (Å²) in [5.74, 6) is 4.23. The molecule has 0 radical (unpaired) electrons. The van der Waals surface area contributed by atoms with Crippen LogP contribution in [0.25, 0.3) is 11.3 Å². The number of benzene rings is 1. The molecule has 0 amide bonds. The van der Waals surface area contributed by atoms with Crippen molar-refractivity contribution in [3.8, 4) is 17.0 Å². The van der Waals surface area contributed by atoms with Crippen LogP contribution < -0.4 is 10.5 Å². The van der Waals surface area contributed by atoms with Gasteiger partial charge in [0.25, 0.3) is 0 Å². The number of ether oxygens (including phenoxy) is 1. The summed E-state index contributed by atoms with van der Waals surface area (Å²) in [5.41, 5.74) is 8.64. The van der Waals surface area contributed by atoms with Crippen LogP contribution in [0.4, 0.5) is 5.88 Å². The van der Waals surface area contributed by atoms with Crippen LogP contribution in [0.15, 0.2) is 28.8 Å². The van der Waals surface area contributed by atoms with Crippen LogP contribution in [0.2, 0.25) is 0 Å². The van der Waals surface area contributed by atoms with Crippen molar-refractivity contribution in [2.45, 2.75) is 18.8 Å². The molecule has 2 N–H and O–H groups in total. The Morgan fingerprint density at radius 3 is 2.75 bits per heavy atom. The third-order valence-corrected chi connectivity index (χ3v) is 4.77. The molecule has 106 valence electrons. The number of methoxy groups -OCH3 is 1. The van der Waals surface area contributed by atoms with Gasteiger partial charge in [-0.25, -0.2) is 0 Å². The Morgan fingerprint density at radius 2 is 2.10 bits per heavy atom. The maximum absolute atomic E-state index is 5.62. The molecule has 4 nitrogen and oxygen atoms in total. The lowest BCUT2D eigenvalue weighted by molar-refractivity contribution is 0.413. The molecule has 1 saturated heterocycles. The van der Waals surface area contributed by atoms with Gasteiger partial charge in [0.15, 0.2) is 0 Å². The van der Waals surface area contributed by atoms with Gasteiger partial charge in [-0.15, -0.1) is 0 Å². The van der Waals surface area contributed by atoms with E-state index in [9.17, 15) is 0 Å². The standard InChI is InChI=1S/C15H18N2O2S/c1-18-14-3-2-11(10-4-6-20-7-5-10)8-12(14)13-9-15(16)19-17-13/h2-3,8-10H,4-7,16H2,1H3. The smallest absolute Gasteiger partial charge is 0.222 e. The zero-order valence-corrected chi connectivity index (χ0v) is 12.3. The lowest BCUT2D eigenvalue weighted by atomic mass is 9.91. The van der Waals surface area contributed by atoms with Crippen molar-refractivity contribution in [3.05, 3.63) is 29.8 Å². The van der Waals surface area contributed by atoms with Gasteiger partial charge in [-0.05, 0) is 48.0 Å². The Balaban J connectivity index is 1.98. The Labute approximate surface area is 122 Å². The van der Waals surface area contributed by atoms with Crippen LogP contribution in [0.1, 0.15) is 24.3 Å². The van der Waals surface area contributed by atoms with Gasteiger partial charge in [0.1, 0.15) is 11.4 Å². The highest BCUT2D eigenvalue weighted by Gasteiger charge is 2.18. The molecule has 20 heavy (non-hydrogen) atoms. The molecule has 1 aromatic carbocycles. The summed E-state index contributed by atoms with van der Waals surface area (Å²) in [5, 5.41) is 4.00. The van der Waals surface area contributed by atoms with Crippen molar-refractivity contribution >= 4 is 17.6 Å². The number of nitrogens with zero attached hydrogens (tertiary/aromatic N) is 1. The van der Waals surface area contributed by atoms with E-state index in [0.717, 1.165) is 17.0 Å². The van der Waals surface area contributed by atoms with Crippen molar-refractivity contribution < 1.29 is 9.26 Å². The lowest BCUT2D eigenvalue weighted by Crippen LogP contribution is -2.08. The average Bonchev–Trinajstić information content (AvgIpc) is 2.94. The molecule has 0 atom stereocenters. The van der Waals surface area contributed by atoms with Crippen molar-refractivity contribution in [3.63, 3.8) is 0 Å². The summed E-state index contributed by atoms with van der Waals surface area (Å²) in [6, 6.07) is 8.07. The van der Waals surface area contributed by atoms with Gasteiger partial charge in [0.05, 0.1) is 7.11 Å². The number of hydrogen-bond acceptors (Lipinski definition) is 5. The molecule has 1 aromatic heterocycles. The summed E-state index contributed by atoms with van der Waals surface area (Å²) in [7, 11) is 1.67. The van der Waals surface area contributed by atoms with E-state index in [2.05, 4.69) is 17.3 Å². The fourth-order valence-corrected chi connectivity index (χ4v) is 3.73. The van der Waals surface area contributed by atoms with Crippen LogP contribution in [0.5, 0.6) is 5.75 Å². The number of thioether (sulfide) groups is 1. The maximum Gasteiger partial charge on any atom is 0.222 e. The number of anilines is 1. The Hall–Kier alpha value is -1.62. The molecule has 1 aliphatic heterocycles. The quantitative estimate of drug-likeness (QED) is 0.936. The molecule has 2 aromatic rings. The van der Waals surface area contributed by atoms with E-state index in [1.807, 2.05) is 17.8 Å². The molecular formula is C15H18N2O2S. The topological polar surface area (TPSA) is 61.3 Å². The van der Waals surface area contributed by atoms with E-state index >= 15 is 0 Å². The normalized spacial score (nSPS) is 16.2. The predicted octanol–water partition coefficient (Wildman–Crippen LogP) is 3.54. The fraction of sp³-hybridized carbons (Fsp3) is 0.400. The highest BCUT2D eigenvalue weighted by molar-refractivity contribution is 7.99. The maximum atomic E-state index is 5.62. The van der Waals surface area contributed by atoms with Gasteiger partial charge < -0.3 is 15.0 Å². The minimum atomic E-state index is 0.321. The summed E-state index contributed by atoms with van der Waals surface area (Å²) in [6.45, 7) is 0. The lowest BCUT2D eigenvalue weighted by Gasteiger charge is -2.22. The Bertz CT molecular complexity index is 591. The number of nitrogen functional groups attached to an aromatic ring is 1. The van der Waals surface area contributed by atoms with E-state index in [-0.39, 0.29) is 0 Å². The van der Waals surface area contributed by atoms with Crippen LogP contribution in [-0.4, -0.2) is 23.8 Å². The second kappa shape index (κ2) is 5.79. The summed E-state index contributed by atoms with van der Waals surface area (Å²) in [6.07, 6.45) is 2.47. The first-order chi connectivity index (χ1) is 9.78. The van der Waals surface area contributed by atoms with E-state index in [1.165, 1.54) is 29.9 Å². The van der Waals surface area contributed by atoms with Gasteiger partial charge in [-0.2, -0.15) is 11.8 Å². The van der Waals surface area contributed by atoms with Crippen molar-refractivity contribution in [2.75, 3.05) is 24.3 Å². The second-order valence-electron chi connectivity index (χ2n) is 4.96. The van der Waals surface area contributed by atoms with Crippen LogP contribution in [0.3, 0.4) is 0 Å². The van der Waals surface area contributed by atoms with E-state index in [0.29, 0.717) is 11.8 Å². The molecule has 0 saturated carbocycles. The summed E-state index contributed by atoms with van der Waals surface area (Å²) >= 11 is 2.04. The predicted molar refractivity (Wildman–Crippen MR) is 82.2 cm³/mol. The molecule has 0 spiro atoms. The minimum absolute atomic E-state index is 0.321. The van der Waals surface area contributed by atoms with Crippen LogP contribution in [0, 0.1) is 0 Å².